The highest BCUT2D eigenvalue weighted by Crippen LogP contribution is 2.68. The molecule has 2 aliphatic rings. The molecular formula is C44H30O. The summed E-state index contributed by atoms with van der Waals surface area (Å²) in [6, 6.07) is 63.1. The molecule has 1 heteroatoms. The Hall–Kier alpha value is -5.79. The van der Waals surface area contributed by atoms with E-state index in [2.05, 4.69) is 152 Å². The molecule has 0 N–H and O–H groups in total. The van der Waals surface area contributed by atoms with Gasteiger partial charge >= 0.3 is 0 Å². The average molecular weight is 575 g/mol. The van der Waals surface area contributed by atoms with Gasteiger partial charge in [-0.25, -0.2) is 0 Å². The van der Waals surface area contributed by atoms with Gasteiger partial charge in [-0.2, -0.15) is 0 Å². The summed E-state index contributed by atoms with van der Waals surface area (Å²) in [6.07, 6.45) is 0. The zero-order valence-electron chi connectivity index (χ0n) is 24.7. The minimum Gasteiger partial charge on any atom is -0.289 e. The summed E-state index contributed by atoms with van der Waals surface area (Å²) in [5, 5.41) is 0. The van der Waals surface area contributed by atoms with Gasteiger partial charge in [0, 0.05) is 11.1 Å². The maximum Gasteiger partial charge on any atom is 0.192 e. The van der Waals surface area contributed by atoms with E-state index in [0.717, 1.165) is 66.8 Å². The molecule has 0 amide bonds. The fraction of sp³-hybridized carbons (Fsp3) is 0.0227. The van der Waals surface area contributed by atoms with E-state index in [-0.39, 0.29) is 5.78 Å². The van der Waals surface area contributed by atoms with E-state index >= 15 is 4.79 Å². The molecule has 0 saturated heterocycles. The van der Waals surface area contributed by atoms with Crippen molar-refractivity contribution in [3.8, 4) is 0 Å². The van der Waals surface area contributed by atoms with Crippen molar-refractivity contribution < 1.29 is 4.79 Å². The molecule has 6 aromatic rings. The zero-order chi connectivity index (χ0) is 30.2. The molecule has 8 rings (SSSR count). The van der Waals surface area contributed by atoms with Gasteiger partial charge < -0.3 is 0 Å². The minimum atomic E-state index is -0.872. The third kappa shape index (κ3) is 4.12. The highest BCUT2D eigenvalue weighted by Gasteiger charge is 2.59. The number of hydrogen-bond donors (Lipinski definition) is 0. The summed E-state index contributed by atoms with van der Waals surface area (Å²) in [5.41, 5.74) is 11.2. The molecule has 0 fully saturated rings. The van der Waals surface area contributed by atoms with Crippen LogP contribution in [0, 0.1) is 0 Å². The third-order valence-electron chi connectivity index (χ3n) is 9.10. The average Bonchev–Trinajstić information content (AvgIpc) is 3.58. The molecule has 1 atom stereocenters. The summed E-state index contributed by atoms with van der Waals surface area (Å²) in [4.78, 5) is 15.5. The Morgan fingerprint density at radius 2 is 0.578 bits per heavy atom. The fourth-order valence-electron chi connectivity index (χ4n) is 7.43. The summed E-state index contributed by atoms with van der Waals surface area (Å²) in [7, 11) is 0. The second kappa shape index (κ2) is 11.0. The van der Waals surface area contributed by atoms with Crippen LogP contribution in [0.5, 0.6) is 0 Å². The number of ketones is 1. The number of hydrogen-bond acceptors (Lipinski definition) is 1. The predicted molar refractivity (Wildman–Crippen MR) is 186 cm³/mol. The number of rotatable bonds is 6. The highest BCUT2D eigenvalue weighted by atomic mass is 16.1. The number of benzene rings is 6. The Balaban J connectivity index is 1.66. The largest absolute Gasteiger partial charge is 0.289 e. The summed E-state index contributed by atoms with van der Waals surface area (Å²) in [5.74, 6) is 0.0714. The number of carbonyl (C=O) groups excluding carboxylic acids is 1. The smallest absolute Gasteiger partial charge is 0.192 e. The van der Waals surface area contributed by atoms with Crippen molar-refractivity contribution in [2.45, 2.75) is 5.41 Å². The molecule has 6 aromatic carbocycles. The van der Waals surface area contributed by atoms with Gasteiger partial charge in [0.25, 0.3) is 0 Å². The van der Waals surface area contributed by atoms with Crippen LogP contribution in [0.2, 0.25) is 0 Å². The van der Waals surface area contributed by atoms with Crippen LogP contribution in [-0.4, -0.2) is 5.78 Å². The van der Waals surface area contributed by atoms with Crippen LogP contribution >= 0.6 is 0 Å². The molecule has 0 aliphatic heterocycles. The maximum absolute atomic E-state index is 15.5. The third-order valence-corrected chi connectivity index (χ3v) is 9.10. The fourth-order valence-corrected chi connectivity index (χ4v) is 7.43. The molecule has 0 radical (unpaired) electrons. The standard InChI is InChI=1S/C44H30O/c45-43-39(33-23-11-3-12-24-33)41(35-27-15-5-16-28-35)44(36-29-17-6-18-30-36)40(34-25-13-4-14-26-34)37(31-19-7-1-8-20-31)38(42(43)44)32-21-9-2-10-22-32/h1-30H/t44-/m0/s1. The maximum atomic E-state index is 15.5. The quantitative estimate of drug-likeness (QED) is 0.193. The van der Waals surface area contributed by atoms with Gasteiger partial charge in [0.2, 0.25) is 0 Å². The summed E-state index contributed by atoms with van der Waals surface area (Å²) in [6.45, 7) is 0. The molecule has 0 spiro atoms. The second-order valence-electron chi connectivity index (χ2n) is 11.5. The van der Waals surface area contributed by atoms with E-state index in [4.69, 9.17) is 0 Å². The Morgan fingerprint density at radius 3 is 0.978 bits per heavy atom. The van der Waals surface area contributed by atoms with Crippen molar-refractivity contribution in [1.82, 2.24) is 0 Å². The van der Waals surface area contributed by atoms with E-state index in [0.29, 0.717) is 0 Å². The zero-order valence-corrected chi connectivity index (χ0v) is 24.7. The van der Waals surface area contributed by atoms with Gasteiger partial charge in [-0.1, -0.05) is 182 Å². The van der Waals surface area contributed by atoms with Crippen LogP contribution < -0.4 is 0 Å². The van der Waals surface area contributed by atoms with Gasteiger partial charge in [0.15, 0.2) is 5.78 Å². The van der Waals surface area contributed by atoms with E-state index in [1.807, 2.05) is 30.3 Å². The summed E-state index contributed by atoms with van der Waals surface area (Å²) < 4.78 is 0. The van der Waals surface area contributed by atoms with Crippen molar-refractivity contribution in [1.29, 1.82) is 0 Å². The first-order valence-electron chi connectivity index (χ1n) is 15.4. The molecule has 1 nitrogen and oxygen atoms in total. The van der Waals surface area contributed by atoms with Crippen molar-refractivity contribution in [3.63, 3.8) is 0 Å². The Labute approximate surface area is 264 Å². The van der Waals surface area contributed by atoms with Crippen molar-refractivity contribution in [3.05, 3.63) is 221 Å². The van der Waals surface area contributed by atoms with Gasteiger partial charge in [0.05, 0.1) is 5.41 Å². The normalized spacial score (nSPS) is 17.6. The summed E-state index contributed by atoms with van der Waals surface area (Å²) >= 11 is 0. The van der Waals surface area contributed by atoms with Gasteiger partial charge in [0.1, 0.15) is 0 Å². The molecular weight excluding hydrogens is 544 g/mol. The van der Waals surface area contributed by atoms with Crippen LogP contribution in [-0.2, 0) is 10.2 Å². The van der Waals surface area contributed by atoms with Crippen LogP contribution in [0.4, 0.5) is 0 Å². The van der Waals surface area contributed by atoms with E-state index in [9.17, 15) is 0 Å². The second-order valence-corrected chi connectivity index (χ2v) is 11.5. The minimum absolute atomic E-state index is 0.0714. The number of carbonyl (C=O) groups is 1. The van der Waals surface area contributed by atoms with E-state index in [1.54, 1.807) is 0 Å². The van der Waals surface area contributed by atoms with E-state index < -0.39 is 5.41 Å². The first kappa shape index (κ1) is 26.8. The first-order valence-corrected chi connectivity index (χ1v) is 15.4. The molecule has 0 saturated carbocycles. The highest BCUT2D eigenvalue weighted by molar-refractivity contribution is 6.50. The molecule has 0 bridgehead atoms. The van der Waals surface area contributed by atoms with Crippen molar-refractivity contribution >= 4 is 33.6 Å². The molecule has 0 heterocycles. The van der Waals surface area contributed by atoms with E-state index in [1.165, 1.54) is 0 Å². The van der Waals surface area contributed by atoms with Gasteiger partial charge in [-0.3, -0.25) is 4.79 Å². The van der Waals surface area contributed by atoms with Crippen LogP contribution in [0.1, 0.15) is 33.4 Å². The van der Waals surface area contributed by atoms with Crippen LogP contribution in [0.25, 0.3) is 27.9 Å². The number of Topliss-reactive ketones (excluding diaryl/α,β-unsaturated/α-hetero) is 1. The number of fused-ring (bicyclic) bond motifs is 1. The predicted octanol–water partition coefficient (Wildman–Crippen LogP) is 10.2. The molecule has 0 unspecified atom stereocenters. The van der Waals surface area contributed by atoms with Crippen molar-refractivity contribution in [2.75, 3.05) is 0 Å². The monoisotopic (exact) mass is 574 g/mol. The Kier molecular flexibility index (Phi) is 6.58. The lowest BCUT2D eigenvalue weighted by Crippen LogP contribution is -2.29. The Morgan fingerprint density at radius 1 is 0.289 bits per heavy atom. The first-order chi connectivity index (χ1) is 22.3. The van der Waals surface area contributed by atoms with Crippen molar-refractivity contribution in [2.24, 2.45) is 0 Å². The lowest BCUT2D eigenvalue weighted by molar-refractivity contribution is -0.110. The van der Waals surface area contributed by atoms with Gasteiger partial charge in [-0.05, 0) is 55.7 Å². The molecule has 212 valence electrons. The molecule has 2 aliphatic carbocycles. The number of allylic oxidation sites excluding steroid dienone is 6. The SMILES string of the molecule is O=C1C(c2ccccc2)=C(c2ccccc2)[C@@]2(c3ccccc3)C1=C(c1ccccc1)C(c1ccccc1)=C2c1ccccc1. The Bertz CT molecular complexity index is 2110. The van der Waals surface area contributed by atoms with Gasteiger partial charge in [-0.15, -0.1) is 0 Å². The lowest BCUT2D eigenvalue weighted by Gasteiger charge is -2.35. The molecule has 45 heavy (non-hydrogen) atoms. The van der Waals surface area contributed by atoms with Crippen LogP contribution in [0.15, 0.2) is 188 Å². The lowest BCUT2D eigenvalue weighted by atomic mass is 9.64. The van der Waals surface area contributed by atoms with Crippen LogP contribution in [0.3, 0.4) is 0 Å². The molecule has 0 aromatic heterocycles. The topological polar surface area (TPSA) is 17.1 Å².